The van der Waals surface area contributed by atoms with E-state index in [0.29, 0.717) is 11.3 Å². The second-order valence-corrected chi connectivity index (χ2v) is 2.18. The molecular weight excluding hydrogens is 158 g/mol. The number of rotatable bonds is 2. The largest absolute Gasteiger partial charge is 0.409 e. The van der Waals surface area contributed by atoms with Gasteiger partial charge in [0, 0.05) is 11.8 Å². The van der Waals surface area contributed by atoms with Crippen molar-refractivity contribution in [2.75, 3.05) is 0 Å². The minimum absolute atomic E-state index is 0.00647. The smallest absolute Gasteiger partial charge is 0.171 e. The monoisotopic (exact) mass is 167 g/mol. The van der Waals surface area contributed by atoms with Crippen LogP contribution in [0.5, 0.6) is 0 Å². The molecule has 0 saturated carbocycles. The summed E-state index contributed by atoms with van der Waals surface area (Å²) in [5.74, 6) is 0.00647. The van der Waals surface area contributed by atoms with E-state index in [1.807, 2.05) is 0 Å². The van der Waals surface area contributed by atoms with Crippen LogP contribution in [0.25, 0.3) is 0 Å². The number of pyridine rings is 1. The average molecular weight is 167 g/mol. The summed E-state index contributed by atoms with van der Waals surface area (Å²) >= 11 is 0. The topological polar surface area (TPSA) is 91.7 Å². The number of aromatic nitrogens is 1. The van der Waals surface area contributed by atoms with Crippen molar-refractivity contribution in [2.24, 2.45) is 10.9 Å². The number of aliphatic hydroxyl groups is 1. The molecule has 0 radical (unpaired) electrons. The fourth-order valence-corrected chi connectivity index (χ4v) is 0.727. The van der Waals surface area contributed by atoms with Crippen molar-refractivity contribution in [3.8, 4) is 0 Å². The van der Waals surface area contributed by atoms with E-state index in [9.17, 15) is 0 Å². The summed E-state index contributed by atoms with van der Waals surface area (Å²) in [7, 11) is 0. The summed E-state index contributed by atoms with van der Waals surface area (Å²) in [6.07, 6.45) is 1.43. The number of aliphatic hydroxyl groups excluding tert-OH is 1. The lowest BCUT2D eigenvalue weighted by atomic mass is 10.2. The lowest BCUT2D eigenvalue weighted by molar-refractivity contribution is 0.277. The summed E-state index contributed by atoms with van der Waals surface area (Å²) in [4.78, 5) is 3.84. The molecule has 1 heterocycles. The molecule has 0 spiro atoms. The highest BCUT2D eigenvalue weighted by molar-refractivity contribution is 5.96. The second kappa shape index (κ2) is 3.68. The number of hydrogen-bond acceptors (Lipinski definition) is 4. The molecule has 12 heavy (non-hydrogen) atoms. The zero-order valence-corrected chi connectivity index (χ0v) is 6.31. The Kier molecular flexibility index (Phi) is 2.60. The Morgan fingerprint density at radius 3 is 2.75 bits per heavy atom. The number of hydrogen-bond donors (Lipinski definition) is 3. The number of oxime groups is 1. The summed E-state index contributed by atoms with van der Waals surface area (Å²) in [6, 6.07) is 3.22. The third kappa shape index (κ3) is 1.70. The minimum Gasteiger partial charge on any atom is -0.409 e. The van der Waals surface area contributed by atoms with E-state index in [2.05, 4.69) is 10.1 Å². The van der Waals surface area contributed by atoms with Gasteiger partial charge in [-0.05, 0) is 12.1 Å². The predicted molar refractivity (Wildman–Crippen MR) is 42.7 cm³/mol. The summed E-state index contributed by atoms with van der Waals surface area (Å²) in [5.41, 5.74) is 6.35. The van der Waals surface area contributed by atoms with E-state index in [1.54, 1.807) is 12.1 Å². The van der Waals surface area contributed by atoms with Gasteiger partial charge in [-0.1, -0.05) is 5.16 Å². The molecule has 0 aromatic carbocycles. The van der Waals surface area contributed by atoms with Crippen LogP contribution in [0.3, 0.4) is 0 Å². The van der Waals surface area contributed by atoms with Crippen molar-refractivity contribution in [3.05, 3.63) is 29.6 Å². The SMILES string of the molecule is NC(=NO)c1ccc(CO)nc1. The van der Waals surface area contributed by atoms with Crippen LogP contribution < -0.4 is 5.73 Å². The minimum atomic E-state index is -0.115. The number of nitrogens with two attached hydrogens (primary N) is 1. The van der Waals surface area contributed by atoms with Crippen LogP contribution in [-0.4, -0.2) is 21.1 Å². The van der Waals surface area contributed by atoms with Gasteiger partial charge >= 0.3 is 0 Å². The van der Waals surface area contributed by atoms with Crippen LogP contribution >= 0.6 is 0 Å². The summed E-state index contributed by atoms with van der Waals surface area (Å²) < 4.78 is 0. The Hall–Kier alpha value is -1.62. The normalized spacial score (nSPS) is 11.6. The van der Waals surface area contributed by atoms with Gasteiger partial charge in [0.1, 0.15) is 0 Å². The van der Waals surface area contributed by atoms with E-state index >= 15 is 0 Å². The van der Waals surface area contributed by atoms with Crippen molar-refractivity contribution in [2.45, 2.75) is 6.61 Å². The Labute approximate surface area is 69.2 Å². The van der Waals surface area contributed by atoms with Gasteiger partial charge in [0.2, 0.25) is 0 Å². The molecule has 0 amide bonds. The Morgan fingerprint density at radius 2 is 2.33 bits per heavy atom. The standard InChI is InChI=1S/C7H9N3O2/c8-7(10-12)5-1-2-6(4-11)9-3-5/h1-3,11-12H,4H2,(H2,8,10). The predicted octanol–water partition coefficient (Wildman–Crippen LogP) is -0.332. The van der Waals surface area contributed by atoms with Crippen molar-refractivity contribution in [1.82, 2.24) is 4.98 Å². The van der Waals surface area contributed by atoms with Crippen molar-refractivity contribution in [3.63, 3.8) is 0 Å². The third-order valence-corrected chi connectivity index (χ3v) is 1.39. The first-order valence-corrected chi connectivity index (χ1v) is 3.31. The van der Waals surface area contributed by atoms with E-state index in [1.165, 1.54) is 6.20 Å². The molecule has 1 aromatic rings. The molecular formula is C7H9N3O2. The molecule has 64 valence electrons. The van der Waals surface area contributed by atoms with Gasteiger partial charge < -0.3 is 16.0 Å². The van der Waals surface area contributed by atoms with Crippen molar-refractivity contribution in [1.29, 1.82) is 0 Å². The molecule has 4 N–H and O–H groups in total. The van der Waals surface area contributed by atoms with Crippen LogP contribution in [0, 0.1) is 0 Å². The van der Waals surface area contributed by atoms with Gasteiger partial charge in [-0.3, -0.25) is 4.98 Å². The summed E-state index contributed by atoms with van der Waals surface area (Å²) in [5, 5.41) is 19.8. The number of amidine groups is 1. The van der Waals surface area contributed by atoms with E-state index in [4.69, 9.17) is 16.0 Å². The molecule has 0 aliphatic rings. The van der Waals surface area contributed by atoms with Gasteiger partial charge in [-0.25, -0.2) is 0 Å². The summed E-state index contributed by atoms with van der Waals surface area (Å²) in [6.45, 7) is -0.115. The Bertz CT molecular complexity index is 281. The molecule has 1 aromatic heterocycles. The molecule has 5 heteroatoms. The van der Waals surface area contributed by atoms with E-state index in [0.717, 1.165) is 0 Å². The molecule has 0 atom stereocenters. The van der Waals surface area contributed by atoms with E-state index < -0.39 is 0 Å². The van der Waals surface area contributed by atoms with Crippen LogP contribution in [0.1, 0.15) is 11.3 Å². The van der Waals surface area contributed by atoms with Crippen molar-refractivity contribution >= 4 is 5.84 Å². The van der Waals surface area contributed by atoms with Crippen molar-refractivity contribution < 1.29 is 10.3 Å². The van der Waals surface area contributed by atoms with E-state index in [-0.39, 0.29) is 12.4 Å². The lowest BCUT2D eigenvalue weighted by Crippen LogP contribution is -2.13. The number of nitrogens with zero attached hydrogens (tertiary/aromatic N) is 2. The first-order valence-electron chi connectivity index (χ1n) is 3.31. The maximum absolute atomic E-state index is 8.65. The van der Waals surface area contributed by atoms with Gasteiger partial charge in [-0.2, -0.15) is 0 Å². The Morgan fingerprint density at radius 1 is 1.58 bits per heavy atom. The Balaban J connectivity index is 2.92. The highest BCUT2D eigenvalue weighted by atomic mass is 16.4. The molecule has 0 saturated heterocycles. The van der Waals surface area contributed by atoms with Gasteiger partial charge in [0.15, 0.2) is 5.84 Å². The molecule has 0 aliphatic heterocycles. The molecule has 1 rings (SSSR count). The molecule has 0 fully saturated rings. The molecule has 0 unspecified atom stereocenters. The first kappa shape index (κ1) is 8.48. The van der Waals surface area contributed by atoms with Crippen LogP contribution in [-0.2, 0) is 6.61 Å². The zero-order valence-electron chi connectivity index (χ0n) is 6.31. The lowest BCUT2D eigenvalue weighted by Gasteiger charge is -1.98. The highest BCUT2D eigenvalue weighted by Gasteiger charge is 1.98. The van der Waals surface area contributed by atoms with Gasteiger partial charge in [0.05, 0.1) is 12.3 Å². The molecule has 0 aliphatic carbocycles. The zero-order chi connectivity index (χ0) is 8.97. The van der Waals surface area contributed by atoms with Crippen LogP contribution in [0.4, 0.5) is 0 Å². The average Bonchev–Trinajstić information content (AvgIpc) is 2.17. The quantitative estimate of drug-likeness (QED) is 0.243. The van der Waals surface area contributed by atoms with Gasteiger partial charge in [0.25, 0.3) is 0 Å². The molecule has 0 bridgehead atoms. The fourth-order valence-electron chi connectivity index (χ4n) is 0.727. The maximum atomic E-state index is 8.65. The first-order chi connectivity index (χ1) is 5.77. The van der Waals surface area contributed by atoms with Gasteiger partial charge in [-0.15, -0.1) is 0 Å². The molecule has 5 nitrogen and oxygen atoms in total. The highest BCUT2D eigenvalue weighted by Crippen LogP contribution is 1.99. The fraction of sp³-hybridized carbons (Fsp3) is 0.143. The van der Waals surface area contributed by atoms with Crippen LogP contribution in [0.2, 0.25) is 0 Å². The third-order valence-electron chi connectivity index (χ3n) is 1.39. The van der Waals surface area contributed by atoms with Crippen LogP contribution in [0.15, 0.2) is 23.5 Å². The maximum Gasteiger partial charge on any atom is 0.171 e. The second-order valence-electron chi connectivity index (χ2n) is 2.18.